The van der Waals surface area contributed by atoms with Gasteiger partial charge in [0.15, 0.2) is 6.04 Å². The first-order valence-corrected chi connectivity index (χ1v) is 5.58. The smallest absolute Gasteiger partial charge is 0.330 e. The Hall–Kier alpha value is -1.04. The Morgan fingerprint density at radius 2 is 1.76 bits per heavy atom. The first-order chi connectivity index (χ1) is 7.73. The number of halogens is 4. The lowest BCUT2D eigenvalue weighted by molar-refractivity contribution is -0.188. The first-order valence-electron chi connectivity index (χ1n) is 4.79. The molecule has 0 N–H and O–H groups in total. The van der Waals surface area contributed by atoms with Gasteiger partial charge in [0.1, 0.15) is 0 Å². The summed E-state index contributed by atoms with van der Waals surface area (Å²) >= 11 is 3.15. The Bertz CT molecular complexity index is 402. The summed E-state index contributed by atoms with van der Waals surface area (Å²) in [5.41, 5.74) is 0.0402. The Balaban J connectivity index is 3.15. The molecule has 0 aliphatic heterocycles. The fraction of sp³-hybridized carbons (Fsp3) is 0.364. The number of hydrogen-bond acceptors (Lipinski definition) is 1. The highest BCUT2D eigenvalue weighted by Crippen LogP contribution is 2.37. The molecule has 1 amide bonds. The van der Waals surface area contributed by atoms with Crippen LogP contribution in [0.25, 0.3) is 0 Å². The quantitative estimate of drug-likeness (QED) is 0.818. The van der Waals surface area contributed by atoms with Gasteiger partial charge in [0, 0.05) is 18.4 Å². The van der Waals surface area contributed by atoms with E-state index in [1.807, 2.05) is 0 Å². The maximum absolute atomic E-state index is 12.9. The molecule has 0 bridgehead atoms. The van der Waals surface area contributed by atoms with Gasteiger partial charge in [-0.2, -0.15) is 13.2 Å². The average molecular weight is 310 g/mol. The van der Waals surface area contributed by atoms with Crippen molar-refractivity contribution in [3.05, 3.63) is 34.3 Å². The highest BCUT2D eigenvalue weighted by atomic mass is 79.9. The van der Waals surface area contributed by atoms with E-state index < -0.39 is 18.1 Å². The lowest BCUT2D eigenvalue weighted by atomic mass is 10.1. The molecule has 1 rings (SSSR count). The number of benzene rings is 1. The van der Waals surface area contributed by atoms with Crippen molar-refractivity contribution in [1.82, 2.24) is 4.90 Å². The highest BCUT2D eigenvalue weighted by molar-refractivity contribution is 9.10. The molecule has 0 aliphatic carbocycles. The molecular formula is C11H11BrF3NO. The Labute approximate surface area is 106 Å². The zero-order valence-electron chi connectivity index (χ0n) is 9.25. The molecule has 0 fully saturated rings. The molecule has 1 atom stereocenters. The second kappa shape index (κ2) is 5.08. The van der Waals surface area contributed by atoms with Gasteiger partial charge < -0.3 is 4.90 Å². The van der Waals surface area contributed by atoms with Gasteiger partial charge in [-0.15, -0.1) is 0 Å². The molecule has 1 aromatic rings. The highest BCUT2D eigenvalue weighted by Gasteiger charge is 2.44. The summed E-state index contributed by atoms with van der Waals surface area (Å²) in [5.74, 6) is -0.629. The molecule has 17 heavy (non-hydrogen) atoms. The number of alkyl halides is 3. The van der Waals surface area contributed by atoms with Gasteiger partial charge in [0.2, 0.25) is 5.91 Å². The molecule has 2 nitrogen and oxygen atoms in total. The number of nitrogens with zero attached hydrogens (tertiary/aromatic N) is 1. The van der Waals surface area contributed by atoms with E-state index in [2.05, 4.69) is 15.9 Å². The van der Waals surface area contributed by atoms with Crippen LogP contribution in [-0.4, -0.2) is 24.0 Å². The monoisotopic (exact) mass is 309 g/mol. The minimum atomic E-state index is -4.49. The van der Waals surface area contributed by atoms with E-state index in [9.17, 15) is 18.0 Å². The lowest BCUT2D eigenvalue weighted by Gasteiger charge is -2.29. The van der Waals surface area contributed by atoms with Crippen LogP contribution in [0.4, 0.5) is 13.2 Å². The minimum Gasteiger partial charge on any atom is -0.330 e. The van der Waals surface area contributed by atoms with Gasteiger partial charge in [-0.05, 0) is 17.7 Å². The predicted octanol–water partition coefficient (Wildman–Crippen LogP) is 3.53. The van der Waals surface area contributed by atoms with Crippen molar-refractivity contribution in [3.8, 4) is 0 Å². The topological polar surface area (TPSA) is 20.3 Å². The van der Waals surface area contributed by atoms with E-state index in [0.717, 1.165) is 14.0 Å². The Morgan fingerprint density at radius 1 is 1.29 bits per heavy atom. The van der Waals surface area contributed by atoms with Crippen LogP contribution in [0, 0.1) is 0 Å². The van der Waals surface area contributed by atoms with Gasteiger partial charge in [-0.25, -0.2) is 0 Å². The summed E-state index contributed by atoms with van der Waals surface area (Å²) in [6.07, 6.45) is -4.49. The van der Waals surface area contributed by atoms with E-state index in [1.54, 1.807) is 0 Å². The molecule has 0 saturated heterocycles. The second-order valence-electron chi connectivity index (χ2n) is 3.63. The molecule has 0 heterocycles. The maximum Gasteiger partial charge on any atom is 0.413 e. The number of carbonyl (C=O) groups excluding carboxylic acids is 1. The van der Waals surface area contributed by atoms with Gasteiger partial charge in [-0.3, -0.25) is 4.79 Å². The van der Waals surface area contributed by atoms with Crippen LogP contribution in [-0.2, 0) is 4.79 Å². The van der Waals surface area contributed by atoms with E-state index in [-0.39, 0.29) is 5.56 Å². The summed E-state index contributed by atoms with van der Waals surface area (Å²) in [6.45, 7) is 1.11. The summed E-state index contributed by atoms with van der Waals surface area (Å²) in [5, 5.41) is 0. The van der Waals surface area contributed by atoms with Crippen molar-refractivity contribution >= 4 is 21.8 Å². The van der Waals surface area contributed by atoms with Crippen molar-refractivity contribution in [2.45, 2.75) is 19.1 Å². The summed E-state index contributed by atoms with van der Waals surface area (Å²) in [7, 11) is 1.14. The van der Waals surface area contributed by atoms with Crippen LogP contribution >= 0.6 is 15.9 Å². The standard InChI is InChI=1S/C11H11BrF3NO/c1-7(17)16(2)10(11(13,14)15)8-3-5-9(12)6-4-8/h3-6,10H,1-2H3/t10-/m0/s1. The van der Waals surface area contributed by atoms with Crippen LogP contribution in [0.15, 0.2) is 28.7 Å². The number of rotatable bonds is 2. The Kier molecular flexibility index (Phi) is 4.19. The van der Waals surface area contributed by atoms with Crippen LogP contribution in [0.2, 0.25) is 0 Å². The van der Waals surface area contributed by atoms with Gasteiger partial charge in [-0.1, -0.05) is 28.1 Å². The normalized spacial score (nSPS) is 13.3. The molecule has 1 aromatic carbocycles. The molecule has 6 heteroatoms. The van der Waals surface area contributed by atoms with Crippen molar-refractivity contribution in [3.63, 3.8) is 0 Å². The number of carbonyl (C=O) groups is 1. The second-order valence-corrected chi connectivity index (χ2v) is 4.54. The molecule has 0 radical (unpaired) electrons. The summed E-state index contributed by atoms with van der Waals surface area (Å²) in [4.78, 5) is 11.8. The van der Waals surface area contributed by atoms with E-state index in [4.69, 9.17) is 0 Å². The van der Waals surface area contributed by atoms with Crippen LogP contribution in [0.1, 0.15) is 18.5 Å². The third-order valence-electron chi connectivity index (χ3n) is 2.38. The van der Waals surface area contributed by atoms with Crippen molar-refractivity contribution in [2.75, 3.05) is 7.05 Å². The minimum absolute atomic E-state index is 0.0402. The molecule has 0 unspecified atom stereocenters. The number of amides is 1. The molecule has 0 saturated carbocycles. The predicted molar refractivity (Wildman–Crippen MR) is 61.4 cm³/mol. The van der Waals surface area contributed by atoms with E-state index >= 15 is 0 Å². The molecule has 0 aromatic heterocycles. The summed E-state index contributed by atoms with van der Waals surface area (Å²) in [6, 6.07) is 3.82. The first kappa shape index (κ1) is 14.0. The third kappa shape index (κ3) is 3.46. The van der Waals surface area contributed by atoms with Gasteiger partial charge in [0.25, 0.3) is 0 Å². The van der Waals surface area contributed by atoms with Crippen molar-refractivity contribution in [2.24, 2.45) is 0 Å². The molecular weight excluding hydrogens is 299 g/mol. The van der Waals surface area contributed by atoms with Crippen molar-refractivity contribution < 1.29 is 18.0 Å². The molecule has 0 spiro atoms. The summed E-state index contributed by atoms with van der Waals surface area (Å²) < 4.78 is 39.4. The number of hydrogen-bond donors (Lipinski definition) is 0. The SMILES string of the molecule is CC(=O)N(C)[C@@H](c1ccc(Br)cc1)C(F)(F)F. The molecule has 0 aliphatic rings. The zero-order valence-corrected chi connectivity index (χ0v) is 10.8. The van der Waals surface area contributed by atoms with Gasteiger partial charge in [0.05, 0.1) is 0 Å². The van der Waals surface area contributed by atoms with Crippen molar-refractivity contribution in [1.29, 1.82) is 0 Å². The maximum atomic E-state index is 12.9. The van der Waals surface area contributed by atoms with Crippen LogP contribution in [0.3, 0.4) is 0 Å². The van der Waals surface area contributed by atoms with Gasteiger partial charge >= 0.3 is 6.18 Å². The van der Waals surface area contributed by atoms with Crippen LogP contribution in [0.5, 0.6) is 0 Å². The fourth-order valence-electron chi connectivity index (χ4n) is 1.46. The zero-order chi connectivity index (χ0) is 13.2. The largest absolute Gasteiger partial charge is 0.413 e. The fourth-order valence-corrected chi connectivity index (χ4v) is 1.72. The Morgan fingerprint density at radius 3 is 2.12 bits per heavy atom. The molecule has 94 valence electrons. The lowest BCUT2D eigenvalue weighted by Crippen LogP contribution is -2.38. The van der Waals surface area contributed by atoms with Crippen LogP contribution < -0.4 is 0 Å². The van der Waals surface area contributed by atoms with E-state index in [0.29, 0.717) is 9.37 Å². The van der Waals surface area contributed by atoms with E-state index in [1.165, 1.54) is 24.3 Å². The average Bonchev–Trinajstić information content (AvgIpc) is 2.19. The third-order valence-corrected chi connectivity index (χ3v) is 2.91.